The van der Waals surface area contributed by atoms with Crippen LogP contribution in [0.25, 0.3) is 0 Å². The molecule has 1 aromatic rings. The quantitative estimate of drug-likeness (QED) is 0.760. The fourth-order valence-corrected chi connectivity index (χ4v) is 3.14. The third-order valence-corrected chi connectivity index (χ3v) is 4.63. The van der Waals surface area contributed by atoms with Gasteiger partial charge in [0.25, 0.3) is 0 Å². The Hall–Kier alpha value is -2.25. The summed E-state index contributed by atoms with van der Waals surface area (Å²) in [6.07, 6.45) is -0.273. The molecular formula is C19H26F3N3O2. The monoisotopic (exact) mass is 385 g/mol. The highest BCUT2D eigenvalue weighted by atomic mass is 19.4. The number of amides is 3. The third kappa shape index (κ3) is 6.45. The predicted octanol–water partition coefficient (Wildman–Crippen LogP) is 3.64. The van der Waals surface area contributed by atoms with Gasteiger partial charge in [0.05, 0.1) is 5.56 Å². The minimum Gasteiger partial charge on any atom is -0.343 e. The molecule has 0 spiro atoms. The van der Waals surface area contributed by atoms with E-state index in [0.29, 0.717) is 25.9 Å². The van der Waals surface area contributed by atoms with Crippen molar-refractivity contribution in [3.63, 3.8) is 0 Å². The van der Waals surface area contributed by atoms with Crippen molar-refractivity contribution in [3.8, 4) is 0 Å². The highest BCUT2D eigenvalue weighted by Crippen LogP contribution is 2.32. The van der Waals surface area contributed by atoms with Crippen LogP contribution in [0.3, 0.4) is 0 Å². The first kappa shape index (κ1) is 21.1. The zero-order chi connectivity index (χ0) is 19.9. The molecule has 0 atom stereocenters. The second-order valence-electron chi connectivity index (χ2n) is 6.79. The minimum atomic E-state index is -4.45. The molecule has 1 aromatic carbocycles. The average molecular weight is 385 g/mol. The lowest BCUT2D eigenvalue weighted by atomic mass is 10.1. The summed E-state index contributed by atoms with van der Waals surface area (Å²) in [6, 6.07) is 4.80. The Bertz CT molecular complexity index is 649. The summed E-state index contributed by atoms with van der Waals surface area (Å²) in [5.74, 6) is 0.153. The summed E-state index contributed by atoms with van der Waals surface area (Å²) in [7, 11) is 1.46. The molecule has 150 valence electrons. The maximum Gasteiger partial charge on any atom is 0.416 e. The first-order valence-electron chi connectivity index (χ1n) is 9.21. The maximum atomic E-state index is 13.0. The molecule has 1 saturated heterocycles. The van der Waals surface area contributed by atoms with E-state index in [9.17, 15) is 22.8 Å². The molecule has 2 rings (SSSR count). The van der Waals surface area contributed by atoms with Gasteiger partial charge in [-0.15, -0.1) is 0 Å². The second kappa shape index (κ2) is 9.62. The second-order valence-corrected chi connectivity index (χ2v) is 6.79. The summed E-state index contributed by atoms with van der Waals surface area (Å²) in [6.45, 7) is 1.57. The van der Waals surface area contributed by atoms with Crippen LogP contribution in [0.5, 0.6) is 0 Å². The molecule has 0 bridgehead atoms. The van der Waals surface area contributed by atoms with Crippen LogP contribution >= 0.6 is 0 Å². The Morgan fingerprint density at radius 2 is 1.96 bits per heavy atom. The summed E-state index contributed by atoms with van der Waals surface area (Å²) < 4.78 is 39.1. The molecule has 1 fully saturated rings. The topological polar surface area (TPSA) is 52.7 Å². The molecule has 1 aliphatic heterocycles. The van der Waals surface area contributed by atoms with Crippen molar-refractivity contribution in [1.82, 2.24) is 15.1 Å². The van der Waals surface area contributed by atoms with Crippen molar-refractivity contribution in [2.45, 2.75) is 44.8 Å². The first-order valence-corrected chi connectivity index (χ1v) is 9.21. The summed E-state index contributed by atoms with van der Waals surface area (Å²) >= 11 is 0. The highest BCUT2D eigenvalue weighted by Gasteiger charge is 2.33. The van der Waals surface area contributed by atoms with Crippen LogP contribution in [0.15, 0.2) is 24.3 Å². The number of nitrogens with zero attached hydrogens (tertiary/aromatic N) is 2. The molecule has 0 aliphatic carbocycles. The Morgan fingerprint density at radius 3 is 2.70 bits per heavy atom. The largest absolute Gasteiger partial charge is 0.416 e. The van der Waals surface area contributed by atoms with Gasteiger partial charge in [-0.1, -0.05) is 24.6 Å². The van der Waals surface area contributed by atoms with E-state index in [1.807, 2.05) is 4.90 Å². The molecule has 0 unspecified atom stereocenters. The van der Waals surface area contributed by atoms with Gasteiger partial charge >= 0.3 is 12.2 Å². The number of carbonyl (C=O) groups excluding carboxylic acids is 2. The van der Waals surface area contributed by atoms with Crippen LogP contribution in [0.1, 0.15) is 43.2 Å². The Morgan fingerprint density at radius 1 is 1.22 bits per heavy atom. The van der Waals surface area contributed by atoms with E-state index >= 15 is 0 Å². The van der Waals surface area contributed by atoms with Crippen LogP contribution in [-0.4, -0.2) is 48.4 Å². The standard InChI is InChI=1S/C19H26F3N3O2/c1-24(14-15-8-4-5-9-16(15)19(20,21)22)18(27)23-11-7-13-25-12-6-2-3-10-17(25)26/h4-5,8-9H,2-3,6-7,10-14H2,1H3,(H,23,27). The Balaban J connectivity index is 1.78. The van der Waals surface area contributed by atoms with E-state index in [2.05, 4.69) is 5.32 Å². The van der Waals surface area contributed by atoms with Gasteiger partial charge in [-0.2, -0.15) is 13.2 Å². The molecule has 1 N–H and O–H groups in total. The number of halogens is 3. The number of carbonyl (C=O) groups is 2. The van der Waals surface area contributed by atoms with Crippen molar-refractivity contribution in [3.05, 3.63) is 35.4 Å². The van der Waals surface area contributed by atoms with Crippen LogP contribution in [0.2, 0.25) is 0 Å². The zero-order valence-electron chi connectivity index (χ0n) is 15.5. The average Bonchev–Trinajstić information content (AvgIpc) is 2.82. The Kier molecular flexibility index (Phi) is 7.50. The first-order chi connectivity index (χ1) is 12.8. The van der Waals surface area contributed by atoms with Crippen LogP contribution in [0, 0.1) is 0 Å². The zero-order valence-corrected chi connectivity index (χ0v) is 15.5. The lowest BCUT2D eigenvalue weighted by Gasteiger charge is -2.22. The number of hydrogen-bond acceptors (Lipinski definition) is 2. The fraction of sp³-hybridized carbons (Fsp3) is 0.579. The number of urea groups is 1. The van der Waals surface area contributed by atoms with Gasteiger partial charge in [-0.3, -0.25) is 4.79 Å². The summed E-state index contributed by atoms with van der Waals surface area (Å²) in [5.41, 5.74) is -0.679. The number of rotatable bonds is 6. The molecular weight excluding hydrogens is 359 g/mol. The van der Waals surface area contributed by atoms with Crippen LogP contribution < -0.4 is 5.32 Å². The van der Waals surface area contributed by atoms with E-state index in [4.69, 9.17) is 0 Å². The lowest BCUT2D eigenvalue weighted by molar-refractivity contribution is -0.138. The van der Waals surface area contributed by atoms with Gasteiger partial charge in [0.15, 0.2) is 0 Å². The third-order valence-electron chi connectivity index (χ3n) is 4.63. The number of benzene rings is 1. The van der Waals surface area contributed by atoms with Gasteiger partial charge in [0.1, 0.15) is 0 Å². The van der Waals surface area contributed by atoms with Crippen molar-refractivity contribution in [1.29, 1.82) is 0 Å². The molecule has 8 heteroatoms. The van der Waals surface area contributed by atoms with Gasteiger partial charge in [0.2, 0.25) is 5.91 Å². The molecule has 27 heavy (non-hydrogen) atoms. The van der Waals surface area contributed by atoms with Crippen molar-refractivity contribution in [2.75, 3.05) is 26.7 Å². The molecule has 3 amide bonds. The number of alkyl halides is 3. The molecule has 0 radical (unpaired) electrons. The van der Waals surface area contributed by atoms with E-state index in [0.717, 1.165) is 31.9 Å². The van der Waals surface area contributed by atoms with Gasteiger partial charge in [-0.25, -0.2) is 4.79 Å². The van der Waals surface area contributed by atoms with Crippen molar-refractivity contribution < 1.29 is 22.8 Å². The van der Waals surface area contributed by atoms with Gasteiger partial charge in [-0.05, 0) is 30.9 Å². The van der Waals surface area contributed by atoms with Gasteiger partial charge in [0, 0.05) is 39.6 Å². The lowest BCUT2D eigenvalue weighted by Crippen LogP contribution is -2.39. The number of likely N-dealkylation sites (tertiary alicyclic amines) is 1. The smallest absolute Gasteiger partial charge is 0.343 e. The van der Waals surface area contributed by atoms with Gasteiger partial charge < -0.3 is 15.1 Å². The van der Waals surface area contributed by atoms with E-state index in [1.165, 1.54) is 30.1 Å². The molecule has 0 saturated carbocycles. The molecule has 1 heterocycles. The SMILES string of the molecule is CN(Cc1ccccc1C(F)(F)F)C(=O)NCCCN1CCCCCC1=O. The van der Waals surface area contributed by atoms with Crippen molar-refractivity contribution >= 4 is 11.9 Å². The van der Waals surface area contributed by atoms with E-state index in [1.54, 1.807) is 0 Å². The maximum absolute atomic E-state index is 13.0. The molecule has 5 nitrogen and oxygen atoms in total. The van der Waals surface area contributed by atoms with Crippen molar-refractivity contribution in [2.24, 2.45) is 0 Å². The normalized spacial score (nSPS) is 15.4. The summed E-state index contributed by atoms with van der Waals surface area (Å²) in [5, 5.41) is 2.70. The Labute approximate surface area is 157 Å². The number of nitrogens with one attached hydrogen (secondary N) is 1. The van der Waals surface area contributed by atoms with E-state index < -0.39 is 17.8 Å². The van der Waals surface area contributed by atoms with Crippen LogP contribution in [0.4, 0.5) is 18.0 Å². The number of hydrogen-bond donors (Lipinski definition) is 1. The molecule has 1 aliphatic rings. The molecule has 0 aromatic heterocycles. The highest BCUT2D eigenvalue weighted by molar-refractivity contribution is 5.76. The minimum absolute atomic E-state index is 0.0535. The van der Waals surface area contributed by atoms with E-state index in [-0.39, 0.29) is 18.0 Å². The summed E-state index contributed by atoms with van der Waals surface area (Å²) in [4.78, 5) is 27.1. The predicted molar refractivity (Wildman–Crippen MR) is 96.0 cm³/mol. The van der Waals surface area contributed by atoms with Crippen LogP contribution in [-0.2, 0) is 17.5 Å². The fourth-order valence-electron chi connectivity index (χ4n) is 3.14.